The summed E-state index contributed by atoms with van der Waals surface area (Å²) in [5, 5.41) is 8.09. The standard InChI is InChI=1S/C20H16S2/c1-21-19-7-3-5-13-15-10-12-18-14(6-4-8-20(18)22-2)16(15)9-11-17(13)19/h3-12H,1-2H3. The fourth-order valence-electron chi connectivity index (χ4n) is 3.24. The summed E-state index contributed by atoms with van der Waals surface area (Å²) in [6, 6.07) is 22.3. The van der Waals surface area contributed by atoms with Gasteiger partial charge in [0.1, 0.15) is 0 Å². The molecule has 0 spiro atoms. The van der Waals surface area contributed by atoms with Crippen LogP contribution < -0.4 is 0 Å². The molecule has 0 saturated carbocycles. The van der Waals surface area contributed by atoms with Crippen molar-refractivity contribution in [1.29, 1.82) is 0 Å². The van der Waals surface area contributed by atoms with Gasteiger partial charge in [0.15, 0.2) is 0 Å². The molecular formula is C20H16S2. The topological polar surface area (TPSA) is 0 Å². The number of fused-ring (bicyclic) bond motifs is 5. The number of rotatable bonds is 2. The van der Waals surface area contributed by atoms with Crippen LogP contribution in [0.1, 0.15) is 0 Å². The van der Waals surface area contributed by atoms with Crippen molar-refractivity contribution >= 4 is 55.8 Å². The largest absolute Gasteiger partial charge is 0.129 e. The van der Waals surface area contributed by atoms with E-state index in [0.717, 1.165) is 0 Å². The van der Waals surface area contributed by atoms with E-state index in [1.807, 2.05) is 23.5 Å². The Bertz CT molecular complexity index is 919. The quantitative estimate of drug-likeness (QED) is 0.302. The molecule has 0 aliphatic rings. The predicted octanol–water partition coefficient (Wildman–Crippen LogP) is 6.59. The van der Waals surface area contributed by atoms with Gasteiger partial charge in [0.2, 0.25) is 0 Å². The zero-order valence-electron chi connectivity index (χ0n) is 12.6. The fourth-order valence-corrected chi connectivity index (χ4v) is 4.47. The number of hydrogen-bond acceptors (Lipinski definition) is 2. The summed E-state index contributed by atoms with van der Waals surface area (Å²) < 4.78 is 0. The number of benzene rings is 4. The molecule has 0 N–H and O–H groups in total. The molecule has 0 atom stereocenters. The van der Waals surface area contributed by atoms with E-state index in [2.05, 4.69) is 73.2 Å². The highest BCUT2D eigenvalue weighted by Crippen LogP contribution is 2.37. The lowest BCUT2D eigenvalue weighted by Crippen LogP contribution is -1.84. The predicted molar refractivity (Wildman–Crippen MR) is 103 cm³/mol. The van der Waals surface area contributed by atoms with Crippen LogP contribution in [0.5, 0.6) is 0 Å². The maximum Gasteiger partial charge on any atom is 0.0148 e. The van der Waals surface area contributed by atoms with Gasteiger partial charge < -0.3 is 0 Å². The van der Waals surface area contributed by atoms with E-state index in [-0.39, 0.29) is 0 Å². The van der Waals surface area contributed by atoms with Gasteiger partial charge >= 0.3 is 0 Å². The lowest BCUT2D eigenvalue weighted by atomic mass is 9.97. The van der Waals surface area contributed by atoms with Crippen LogP contribution >= 0.6 is 23.5 Å². The Labute approximate surface area is 138 Å². The van der Waals surface area contributed by atoms with E-state index in [9.17, 15) is 0 Å². The lowest BCUT2D eigenvalue weighted by Gasteiger charge is -2.11. The maximum atomic E-state index is 2.28. The SMILES string of the molecule is CSc1cccc2c1ccc1c3cccc(SC)c3ccc21. The summed E-state index contributed by atoms with van der Waals surface area (Å²) in [6.07, 6.45) is 4.29. The second-order valence-electron chi connectivity index (χ2n) is 5.34. The van der Waals surface area contributed by atoms with Crippen LogP contribution in [0.4, 0.5) is 0 Å². The van der Waals surface area contributed by atoms with Gasteiger partial charge in [-0.25, -0.2) is 0 Å². The summed E-state index contributed by atoms with van der Waals surface area (Å²) in [5.74, 6) is 0. The molecule has 0 unspecified atom stereocenters. The fraction of sp³-hybridized carbons (Fsp3) is 0.100. The highest BCUT2D eigenvalue weighted by atomic mass is 32.2. The molecule has 0 saturated heterocycles. The minimum atomic E-state index is 1.34. The molecule has 0 amide bonds. The smallest absolute Gasteiger partial charge is 0.0148 e. The Kier molecular flexibility index (Phi) is 3.51. The first-order valence-corrected chi connectivity index (χ1v) is 9.73. The summed E-state index contributed by atoms with van der Waals surface area (Å²) in [7, 11) is 0. The molecule has 0 radical (unpaired) electrons. The van der Waals surface area contributed by atoms with Crippen LogP contribution in [0.15, 0.2) is 70.5 Å². The molecule has 0 bridgehead atoms. The number of hydrogen-bond donors (Lipinski definition) is 0. The van der Waals surface area contributed by atoms with Gasteiger partial charge in [0.05, 0.1) is 0 Å². The van der Waals surface area contributed by atoms with Gasteiger partial charge in [-0.15, -0.1) is 23.5 Å². The monoisotopic (exact) mass is 320 g/mol. The molecule has 0 heterocycles. The van der Waals surface area contributed by atoms with E-state index in [1.54, 1.807) is 0 Å². The zero-order valence-corrected chi connectivity index (χ0v) is 14.2. The van der Waals surface area contributed by atoms with Crippen molar-refractivity contribution in [1.82, 2.24) is 0 Å². The van der Waals surface area contributed by atoms with Crippen molar-refractivity contribution in [2.45, 2.75) is 9.79 Å². The Balaban J connectivity index is 2.18. The maximum absolute atomic E-state index is 2.28. The average Bonchev–Trinajstić information content (AvgIpc) is 2.59. The Morgan fingerprint density at radius 1 is 0.455 bits per heavy atom. The number of thioether (sulfide) groups is 2. The van der Waals surface area contributed by atoms with Crippen LogP contribution in [-0.2, 0) is 0 Å². The molecule has 2 heteroatoms. The first-order valence-electron chi connectivity index (χ1n) is 7.28. The summed E-state index contributed by atoms with van der Waals surface area (Å²) in [5.41, 5.74) is 0. The molecule has 4 rings (SSSR count). The van der Waals surface area contributed by atoms with Crippen molar-refractivity contribution in [3.63, 3.8) is 0 Å². The lowest BCUT2D eigenvalue weighted by molar-refractivity contribution is 1.55. The average molecular weight is 320 g/mol. The van der Waals surface area contributed by atoms with Crippen LogP contribution in [-0.4, -0.2) is 12.5 Å². The van der Waals surface area contributed by atoms with E-state index in [0.29, 0.717) is 0 Å². The van der Waals surface area contributed by atoms with Crippen molar-refractivity contribution in [2.24, 2.45) is 0 Å². The van der Waals surface area contributed by atoms with Gasteiger partial charge in [-0.2, -0.15) is 0 Å². The van der Waals surface area contributed by atoms with Gasteiger partial charge in [0.25, 0.3) is 0 Å². The van der Waals surface area contributed by atoms with E-state index in [4.69, 9.17) is 0 Å². The van der Waals surface area contributed by atoms with E-state index < -0.39 is 0 Å². The first-order chi connectivity index (χ1) is 10.8. The van der Waals surface area contributed by atoms with E-state index in [1.165, 1.54) is 42.1 Å². The van der Waals surface area contributed by atoms with Gasteiger partial charge in [-0.05, 0) is 57.0 Å². The Hall–Kier alpha value is -1.64. The molecule has 0 aliphatic carbocycles. The molecule has 4 aromatic carbocycles. The third-order valence-corrected chi connectivity index (χ3v) is 5.87. The molecule has 0 fully saturated rings. The third-order valence-electron chi connectivity index (χ3n) is 4.28. The molecule has 22 heavy (non-hydrogen) atoms. The normalized spacial score (nSPS) is 11.5. The van der Waals surface area contributed by atoms with Crippen LogP contribution in [0, 0.1) is 0 Å². The van der Waals surface area contributed by atoms with Gasteiger partial charge in [-0.1, -0.05) is 48.5 Å². The summed E-state index contributed by atoms with van der Waals surface area (Å²) >= 11 is 3.63. The Morgan fingerprint density at radius 2 is 0.818 bits per heavy atom. The van der Waals surface area contributed by atoms with Crippen molar-refractivity contribution in [3.05, 3.63) is 60.7 Å². The van der Waals surface area contributed by atoms with E-state index >= 15 is 0 Å². The van der Waals surface area contributed by atoms with Gasteiger partial charge in [-0.3, -0.25) is 0 Å². The molecule has 0 aromatic heterocycles. The second-order valence-corrected chi connectivity index (χ2v) is 7.03. The first kappa shape index (κ1) is 14.0. The van der Waals surface area contributed by atoms with Crippen LogP contribution in [0.25, 0.3) is 32.3 Å². The van der Waals surface area contributed by atoms with Gasteiger partial charge in [0, 0.05) is 9.79 Å². The van der Waals surface area contributed by atoms with Crippen molar-refractivity contribution in [3.8, 4) is 0 Å². The third kappa shape index (κ3) is 2.02. The molecule has 4 aromatic rings. The minimum Gasteiger partial charge on any atom is -0.129 e. The molecule has 108 valence electrons. The zero-order chi connectivity index (χ0) is 15.1. The highest BCUT2D eigenvalue weighted by molar-refractivity contribution is 7.99. The van der Waals surface area contributed by atoms with Crippen molar-refractivity contribution in [2.75, 3.05) is 12.5 Å². The minimum absolute atomic E-state index is 1.34. The highest BCUT2D eigenvalue weighted by Gasteiger charge is 2.08. The van der Waals surface area contributed by atoms with Crippen molar-refractivity contribution < 1.29 is 0 Å². The molecule has 0 nitrogen and oxygen atoms in total. The molecular weight excluding hydrogens is 304 g/mol. The molecule has 0 aliphatic heterocycles. The second kappa shape index (κ2) is 5.53. The van der Waals surface area contributed by atoms with Crippen LogP contribution in [0.2, 0.25) is 0 Å². The van der Waals surface area contributed by atoms with Crippen LogP contribution in [0.3, 0.4) is 0 Å². The Morgan fingerprint density at radius 3 is 1.23 bits per heavy atom. The summed E-state index contributed by atoms with van der Waals surface area (Å²) in [6.45, 7) is 0. The summed E-state index contributed by atoms with van der Waals surface area (Å²) in [4.78, 5) is 2.69.